The molecule has 2 aromatic heterocycles. The lowest BCUT2D eigenvalue weighted by Gasteiger charge is -2.31. The number of carbonyl (C=O) groups is 1. The molecule has 3 N–H and O–H groups in total. The summed E-state index contributed by atoms with van der Waals surface area (Å²) in [7, 11) is 0. The molecule has 1 fully saturated rings. The Balaban J connectivity index is 1.49. The smallest absolute Gasteiger partial charge is 0.254 e. The zero-order valence-corrected chi connectivity index (χ0v) is 18.4. The van der Waals surface area contributed by atoms with Crippen molar-refractivity contribution in [2.24, 2.45) is 5.73 Å². The van der Waals surface area contributed by atoms with Gasteiger partial charge in [0.2, 0.25) is 0 Å². The number of fused-ring (bicyclic) bond motifs is 1. The minimum Gasteiger partial charge on any atom is -0.489 e. The van der Waals surface area contributed by atoms with Crippen LogP contribution in [0.3, 0.4) is 0 Å². The molecular weight excluding hydrogens is 418 g/mol. The highest BCUT2D eigenvalue weighted by Crippen LogP contribution is 2.37. The van der Waals surface area contributed by atoms with Gasteiger partial charge >= 0.3 is 0 Å². The maximum absolute atomic E-state index is 13.2. The van der Waals surface area contributed by atoms with Crippen LogP contribution in [-0.2, 0) is 13.1 Å². The van der Waals surface area contributed by atoms with Crippen LogP contribution in [0, 0.1) is 0 Å². The third-order valence-electron chi connectivity index (χ3n) is 6.73. The Morgan fingerprint density at radius 1 is 1.21 bits per heavy atom. The third-order valence-corrected chi connectivity index (χ3v) is 6.73. The minimum absolute atomic E-state index is 0.0250. The molecule has 1 amide bonds. The monoisotopic (exact) mass is 445 g/mol. The largest absolute Gasteiger partial charge is 0.489 e. The van der Waals surface area contributed by atoms with E-state index in [2.05, 4.69) is 27.3 Å². The lowest BCUT2D eigenvalue weighted by Crippen LogP contribution is -2.45. The van der Waals surface area contributed by atoms with Crippen LogP contribution in [0.4, 0.5) is 0 Å². The second-order valence-electron chi connectivity index (χ2n) is 8.89. The number of imidazole rings is 1. The van der Waals surface area contributed by atoms with Crippen molar-refractivity contribution >= 4 is 27.8 Å². The van der Waals surface area contributed by atoms with Crippen molar-refractivity contribution in [2.75, 3.05) is 26.3 Å². The third kappa shape index (κ3) is 3.29. The van der Waals surface area contributed by atoms with Crippen molar-refractivity contribution in [3.05, 3.63) is 48.0 Å². The van der Waals surface area contributed by atoms with Gasteiger partial charge in [-0.15, -0.1) is 0 Å². The summed E-state index contributed by atoms with van der Waals surface area (Å²) in [6.45, 7) is 3.01. The molecule has 0 unspecified atom stereocenters. The van der Waals surface area contributed by atoms with E-state index in [0.29, 0.717) is 37.6 Å². The second-order valence-corrected chi connectivity index (χ2v) is 8.89. The topological polar surface area (TPSA) is 98.5 Å². The van der Waals surface area contributed by atoms with Crippen LogP contribution in [-0.4, -0.2) is 62.4 Å². The zero-order valence-electron chi connectivity index (χ0n) is 18.4. The molecule has 6 rings (SSSR count). The van der Waals surface area contributed by atoms with Gasteiger partial charge in [-0.1, -0.05) is 18.2 Å². The van der Waals surface area contributed by atoms with E-state index in [0.717, 1.165) is 52.8 Å². The van der Waals surface area contributed by atoms with Crippen molar-refractivity contribution in [3.8, 4) is 17.3 Å². The number of nitrogens with zero attached hydrogens (tertiary/aromatic N) is 4. The molecule has 1 saturated heterocycles. The number of aliphatic hydroxyl groups excluding tert-OH is 1. The van der Waals surface area contributed by atoms with Gasteiger partial charge in [0.1, 0.15) is 17.9 Å². The average molecular weight is 446 g/mol. The Hall–Kier alpha value is -3.36. The number of hydrogen-bond acceptors (Lipinski definition) is 5. The summed E-state index contributed by atoms with van der Waals surface area (Å²) in [5, 5.41) is 10.8. The summed E-state index contributed by atoms with van der Waals surface area (Å²) in [5.74, 6) is 1.48. The van der Waals surface area contributed by atoms with E-state index < -0.39 is 0 Å². The van der Waals surface area contributed by atoms with Gasteiger partial charge in [-0.05, 0) is 37.1 Å². The second kappa shape index (κ2) is 7.90. The first-order chi connectivity index (χ1) is 16.1. The summed E-state index contributed by atoms with van der Waals surface area (Å²) in [6, 6.07) is 14.0. The quantitative estimate of drug-likeness (QED) is 0.503. The maximum Gasteiger partial charge on any atom is 0.254 e. The Morgan fingerprint density at radius 3 is 2.94 bits per heavy atom. The lowest BCUT2D eigenvalue weighted by molar-refractivity contribution is 0.0708. The molecule has 2 aromatic carbocycles. The van der Waals surface area contributed by atoms with Crippen LogP contribution in [0.1, 0.15) is 23.2 Å². The number of para-hydroxylation sites is 1. The van der Waals surface area contributed by atoms with Crippen LogP contribution >= 0.6 is 0 Å². The maximum atomic E-state index is 13.2. The first-order valence-electron chi connectivity index (χ1n) is 11.6. The summed E-state index contributed by atoms with van der Waals surface area (Å²) < 4.78 is 10.3. The molecule has 0 saturated carbocycles. The molecule has 0 aliphatic carbocycles. The zero-order chi connectivity index (χ0) is 22.5. The minimum atomic E-state index is -0.0250. The number of benzene rings is 2. The summed E-state index contributed by atoms with van der Waals surface area (Å²) >= 11 is 0. The van der Waals surface area contributed by atoms with E-state index in [4.69, 9.17) is 15.5 Å². The van der Waals surface area contributed by atoms with E-state index in [1.165, 1.54) is 0 Å². The van der Waals surface area contributed by atoms with Gasteiger partial charge in [0, 0.05) is 42.1 Å². The number of nitrogens with two attached hydrogens (primary N) is 1. The number of rotatable bonds is 4. The van der Waals surface area contributed by atoms with E-state index in [1.54, 1.807) is 0 Å². The van der Waals surface area contributed by atoms with Gasteiger partial charge in [-0.2, -0.15) is 0 Å². The molecule has 0 bridgehead atoms. The molecular formula is C25H27N5O3. The van der Waals surface area contributed by atoms with Crippen molar-refractivity contribution in [3.63, 3.8) is 0 Å². The van der Waals surface area contributed by atoms with Gasteiger partial charge in [-0.25, -0.2) is 4.98 Å². The summed E-state index contributed by atoms with van der Waals surface area (Å²) in [5.41, 5.74) is 10.3. The fourth-order valence-corrected chi connectivity index (χ4v) is 5.24. The molecule has 170 valence electrons. The van der Waals surface area contributed by atoms with E-state index in [-0.39, 0.29) is 18.6 Å². The molecule has 0 radical (unpaired) electrons. The first kappa shape index (κ1) is 20.3. The van der Waals surface area contributed by atoms with Crippen LogP contribution in [0.5, 0.6) is 5.75 Å². The van der Waals surface area contributed by atoms with Crippen LogP contribution in [0.25, 0.3) is 33.5 Å². The number of carbonyl (C=O) groups excluding carboxylic acids is 1. The fourth-order valence-electron chi connectivity index (χ4n) is 5.24. The van der Waals surface area contributed by atoms with Crippen LogP contribution in [0.15, 0.2) is 42.5 Å². The highest BCUT2D eigenvalue weighted by Gasteiger charge is 2.27. The highest BCUT2D eigenvalue weighted by molar-refractivity contribution is 6.00. The Morgan fingerprint density at radius 2 is 2.09 bits per heavy atom. The molecule has 2 aliphatic rings. The highest BCUT2D eigenvalue weighted by atomic mass is 16.5. The normalized spacial score (nSPS) is 18.1. The van der Waals surface area contributed by atoms with Crippen molar-refractivity contribution < 1.29 is 14.6 Å². The number of likely N-dealkylation sites (tertiary alicyclic amines) is 1. The standard InChI is InChI=1S/C25H27N5O3/c26-18-5-3-7-28(15-18)25(32)17-12-19-23-22(14-17)33-11-9-30(23)24(27-19)21-13-16-4-1-2-6-20(16)29(21)8-10-31/h1-2,4,6,12-14,18,31H,3,5,7-11,15,26H2/t18-/m1/s1. The van der Waals surface area contributed by atoms with Gasteiger partial charge in [-0.3, -0.25) is 4.79 Å². The van der Waals surface area contributed by atoms with Gasteiger partial charge in [0.05, 0.1) is 24.4 Å². The van der Waals surface area contributed by atoms with Gasteiger partial charge in [0.25, 0.3) is 5.91 Å². The molecule has 4 heterocycles. The van der Waals surface area contributed by atoms with Crippen LogP contribution in [0.2, 0.25) is 0 Å². The Bertz CT molecular complexity index is 1370. The average Bonchev–Trinajstić information content (AvgIpc) is 3.38. The molecule has 1 atom stereocenters. The Labute approximate surface area is 191 Å². The number of amides is 1. The number of piperidine rings is 1. The van der Waals surface area contributed by atoms with Gasteiger partial charge in [0.15, 0.2) is 5.82 Å². The number of hydrogen-bond donors (Lipinski definition) is 2. The number of aliphatic hydroxyl groups is 1. The molecule has 2 aliphatic heterocycles. The molecule has 8 nitrogen and oxygen atoms in total. The van der Waals surface area contributed by atoms with Crippen LogP contribution < -0.4 is 10.5 Å². The SMILES string of the molecule is N[C@@H]1CCCN(C(=O)c2cc3c4c(c2)nc(-c2cc5ccccc5n2CCO)n4CCO3)C1. The van der Waals surface area contributed by atoms with Gasteiger partial charge < -0.3 is 29.6 Å². The first-order valence-corrected chi connectivity index (χ1v) is 11.6. The van der Waals surface area contributed by atoms with E-state index >= 15 is 0 Å². The van der Waals surface area contributed by atoms with Crippen molar-refractivity contribution in [2.45, 2.75) is 32.0 Å². The van der Waals surface area contributed by atoms with E-state index in [9.17, 15) is 9.90 Å². The molecule has 33 heavy (non-hydrogen) atoms. The number of ether oxygens (including phenoxy) is 1. The molecule has 0 spiro atoms. The summed E-state index contributed by atoms with van der Waals surface area (Å²) in [4.78, 5) is 20.1. The predicted octanol–water partition coefficient (Wildman–Crippen LogP) is 2.61. The number of aromatic nitrogens is 3. The van der Waals surface area contributed by atoms with Crippen molar-refractivity contribution in [1.29, 1.82) is 0 Å². The van der Waals surface area contributed by atoms with Crippen molar-refractivity contribution in [1.82, 2.24) is 19.0 Å². The fraction of sp³-hybridized carbons (Fsp3) is 0.360. The summed E-state index contributed by atoms with van der Waals surface area (Å²) in [6.07, 6.45) is 1.87. The lowest BCUT2D eigenvalue weighted by atomic mass is 10.0. The van der Waals surface area contributed by atoms with E-state index in [1.807, 2.05) is 29.2 Å². The predicted molar refractivity (Wildman–Crippen MR) is 126 cm³/mol. The molecule has 4 aromatic rings. The Kier molecular flexibility index (Phi) is 4.85. The molecule has 8 heteroatoms.